The Morgan fingerprint density at radius 2 is 2.24 bits per heavy atom. The van der Waals surface area contributed by atoms with Crippen LogP contribution in [0.25, 0.3) is 0 Å². The molecule has 2 aromatic heterocycles. The summed E-state index contributed by atoms with van der Waals surface area (Å²) in [5.41, 5.74) is -1.90. The van der Waals surface area contributed by atoms with E-state index in [1.807, 2.05) is 4.98 Å². The molecule has 0 saturated heterocycles. The van der Waals surface area contributed by atoms with Crippen molar-refractivity contribution in [3.05, 3.63) is 44.0 Å². The van der Waals surface area contributed by atoms with Gasteiger partial charge >= 0.3 is 5.69 Å². The Bertz CT molecular complexity index is 673. The molecule has 0 radical (unpaired) electrons. The van der Waals surface area contributed by atoms with Crippen LogP contribution in [0.3, 0.4) is 0 Å². The summed E-state index contributed by atoms with van der Waals surface area (Å²) < 4.78 is 15.4. The maximum absolute atomic E-state index is 13.2. The number of hydrogen-bond donors (Lipinski definition) is 1. The lowest BCUT2D eigenvalue weighted by atomic mass is 10.5. The Balaban J connectivity index is 2.55. The second kappa shape index (κ2) is 4.13. The molecule has 0 aliphatic carbocycles. The van der Waals surface area contributed by atoms with Crippen LogP contribution in [-0.2, 0) is 13.6 Å². The van der Waals surface area contributed by atoms with Gasteiger partial charge in [0.15, 0.2) is 11.0 Å². The van der Waals surface area contributed by atoms with Crippen molar-refractivity contribution in [1.29, 1.82) is 0 Å². The minimum atomic E-state index is -1.20. The van der Waals surface area contributed by atoms with Gasteiger partial charge in [0, 0.05) is 7.05 Å². The fraction of sp³-hybridized carbons (Fsp3) is 0.250. The quantitative estimate of drug-likeness (QED) is 0.737. The summed E-state index contributed by atoms with van der Waals surface area (Å²) in [5.74, 6) is -0.854. The monoisotopic (exact) mass is 259 g/mol. The first-order valence-corrected chi connectivity index (χ1v) is 4.89. The molecule has 0 bridgehead atoms. The molecule has 7 nitrogen and oxygen atoms in total. The van der Waals surface area contributed by atoms with Gasteiger partial charge in [-0.3, -0.25) is 14.3 Å². The molecule has 0 spiro atoms. The first-order chi connectivity index (χ1) is 8.00. The largest absolute Gasteiger partial charge is 0.330 e. The molecule has 90 valence electrons. The third-order valence-corrected chi connectivity index (χ3v) is 2.45. The van der Waals surface area contributed by atoms with Gasteiger partial charge in [0.1, 0.15) is 6.33 Å². The summed E-state index contributed by atoms with van der Waals surface area (Å²) in [6.07, 6.45) is 1.40. The van der Waals surface area contributed by atoms with Crippen molar-refractivity contribution in [1.82, 2.24) is 24.3 Å². The van der Waals surface area contributed by atoms with Crippen LogP contribution in [0.4, 0.5) is 4.39 Å². The van der Waals surface area contributed by atoms with Crippen LogP contribution in [0, 0.1) is 5.82 Å². The number of nitrogens with one attached hydrogen (secondary N) is 1. The lowest BCUT2D eigenvalue weighted by molar-refractivity contribution is 0.547. The van der Waals surface area contributed by atoms with E-state index in [9.17, 15) is 14.0 Å². The second-order valence-electron chi connectivity index (χ2n) is 3.31. The van der Waals surface area contributed by atoms with Gasteiger partial charge in [-0.2, -0.15) is 4.39 Å². The lowest BCUT2D eigenvalue weighted by Crippen LogP contribution is -2.38. The Labute approximate surface area is 98.5 Å². The average Bonchev–Trinajstić information content (AvgIpc) is 2.67. The molecule has 0 fully saturated rings. The third kappa shape index (κ3) is 1.98. The topological polar surface area (TPSA) is 85.6 Å². The Morgan fingerprint density at radius 1 is 1.53 bits per heavy atom. The maximum atomic E-state index is 13.2. The van der Waals surface area contributed by atoms with Crippen LogP contribution in [0.1, 0.15) is 5.82 Å². The van der Waals surface area contributed by atoms with Crippen molar-refractivity contribution in [3.8, 4) is 0 Å². The molecule has 0 aromatic carbocycles. The molecular formula is C8H7ClFN5O2. The van der Waals surface area contributed by atoms with Gasteiger partial charge < -0.3 is 4.57 Å². The predicted molar refractivity (Wildman–Crippen MR) is 56.4 cm³/mol. The predicted octanol–water partition coefficient (Wildman–Crippen LogP) is -0.494. The summed E-state index contributed by atoms with van der Waals surface area (Å²) >= 11 is 5.33. The van der Waals surface area contributed by atoms with Crippen LogP contribution in [0.5, 0.6) is 0 Å². The summed E-state index contributed by atoms with van der Waals surface area (Å²) in [6, 6.07) is 0. The van der Waals surface area contributed by atoms with Gasteiger partial charge in [0.2, 0.25) is 5.82 Å². The van der Waals surface area contributed by atoms with E-state index >= 15 is 0 Å². The molecule has 9 heteroatoms. The maximum Gasteiger partial charge on any atom is 0.330 e. The Kier molecular flexibility index (Phi) is 2.80. The highest BCUT2D eigenvalue weighted by molar-refractivity contribution is 6.29. The Hall–Kier alpha value is -1.96. The highest BCUT2D eigenvalue weighted by Crippen LogP contribution is 2.02. The molecule has 0 aliphatic rings. The summed E-state index contributed by atoms with van der Waals surface area (Å²) in [7, 11) is 1.64. The zero-order valence-electron chi connectivity index (χ0n) is 8.65. The first kappa shape index (κ1) is 11.5. The van der Waals surface area contributed by atoms with Crippen molar-refractivity contribution in [3.63, 3.8) is 0 Å². The molecule has 2 rings (SSSR count). The van der Waals surface area contributed by atoms with Crippen molar-refractivity contribution < 1.29 is 4.39 Å². The highest BCUT2D eigenvalue weighted by Gasteiger charge is 2.14. The Morgan fingerprint density at radius 3 is 2.82 bits per heavy atom. The summed E-state index contributed by atoms with van der Waals surface area (Å²) in [4.78, 5) is 24.9. The molecule has 2 heterocycles. The molecule has 0 amide bonds. The first-order valence-electron chi connectivity index (χ1n) is 4.51. The van der Waals surface area contributed by atoms with Crippen LogP contribution in [0.2, 0.25) is 5.15 Å². The number of H-pyrrole nitrogens is 1. The van der Waals surface area contributed by atoms with Gasteiger partial charge in [-0.15, -0.1) is 10.2 Å². The zero-order valence-corrected chi connectivity index (χ0v) is 9.40. The second-order valence-corrected chi connectivity index (χ2v) is 3.69. The van der Waals surface area contributed by atoms with Crippen LogP contribution in [-0.4, -0.2) is 24.3 Å². The molecule has 0 aliphatic heterocycles. The van der Waals surface area contributed by atoms with Gasteiger partial charge in [-0.05, 0) is 0 Å². The summed E-state index contributed by atoms with van der Waals surface area (Å²) in [6.45, 7) is -0.182. The zero-order chi connectivity index (χ0) is 12.6. The normalized spacial score (nSPS) is 10.8. The number of aryl methyl sites for hydroxylation is 1. The number of aromatic amines is 1. The van der Waals surface area contributed by atoms with E-state index in [-0.39, 0.29) is 6.54 Å². The molecule has 2 aromatic rings. The molecule has 17 heavy (non-hydrogen) atoms. The van der Waals surface area contributed by atoms with Crippen molar-refractivity contribution >= 4 is 11.6 Å². The molecule has 0 atom stereocenters. The van der Waals surface area contributed by atoms with Gasteiger partial charge in [0.05, 0.1) is 6.54 Å². The van der Waals surface area contributed by atoms with Crippen molar-refractivity contribution in [2.45, 2.75) is 6.54 Å². The average molecular weight is 260 g/mol. The fourth-order valence-corrected chi connectivity index (χ4v) is 1.42. The van der Waals surface area contributed by atoms with Crippen molar-refractivity contribution in [2.75, 3.05) is 0 Å². The van der Waals surface area contributed by atoms with E-state index in [0.717, 1.165) is 0 Å². The van der Waals surface area contributed by atoms with Crippen LogP contribution >= 0.6 is 11.6 Å². The van der Waals surface area contributed by atoms with E-state index in [1.54, 1.807) is 7.05 Å². The molecule has 0 saturated carbocycles. The lowest BCUT2D eigenvalue weighted by Gasteiger charge is -2.04. The van der Waals surface area contributed by atoms with Crippen LogP contribution < -0.4 is 11.2 Å². The summed E-state index contributed by atoms with van der Waals surface area (Å²) in [5, 5.41) is 6.67. The number of nitrogens with zero attached hydrogens (tertiary/aromatic N) is 4. The molecular weight excluding hydrogens is 253 g/mol. The molecule has 1 N–H and O–H groups in total. The number of aromatic nitrogens is 5. The third-order valence-electron chi connectivity index (χ3n) is 2.19. The minimum absolute atomic E-state index is 0.182. The standard InChI is InChI=1S/C8H7ClFN5O2/c1-14-3-11-13-4(14)2-15-7(16)5(10)6(9)12-8(15)17/h3H,2H2,1H3,(H,12,17). The van der Waals surface area contributed by atoms with E-state index in [1.165, 1.54) is 10.9 Å². The highest BCUT2D eigenvalue weighted by atomic mass is 35.5. The van der Waals surface area contributed by atoms with Crippen molar-refractivity contribution in [2.24, 2.45) is 7.05 Å². The van der Waals surface area contributed by atoms with E-state index in [0.29, 0.717) is 10.4 Å². The van der Waals surface area contributed by atoms with E-state index < -0.39 is 22.2 Å². The van der Waals surface area contributed by atoms with E-state index in [4.69, 9.17) is 11.6 Å². The van der Waals surface area contributed by atoms with Gasteiger partial charge in [0.25, 0.3) is 5.56 Å². The molecule has 0 unspecified atom stereocenters. The smallest absolute Gasteiger partial charge is 0.319 e. The van der Waals surface area contributed by atoms with Gasteiger partial charge in [-0.25, -0.2) is 4.79 Å². The fourth-order valence-electron chi connectivity index (χ4n) is 1.26. The van der Waals surface area contributed by atoms with E-state index in [2.05, 4.69) is 10.2 Å². The number of rotatable bonds is 2. The van der Waals surface area contributed by atoms with Crippen LogP contribution in [0.15, 0.2) is 15.9 Å². The number of halogens is 2. The minimum Gasteiger partial charge on any atom is -0.319 e. The SMILES string of the molecule is Cn1cnnc1Cn1c(=O)[nH]c(Cl)c(F)c1=O. The van der Waals surface area contributed by atoms with Gasteiger partial charge in [-0.1, -0.05) is 11.6 Å². The number of hydrogen-bond acceptors (Lipinski definition) is 4.